The highest BCUT2D eigenvalue weighted by molar-refractivity contribution is 6.30. The van der Waals surface area contributed by atoms with Crippen LogP contribution in [0.25, 0.3) is 0 Å². The molecule has 1 aromatic heterocycles. The van der Waals surface area contributed by atoms with E-state index in [0.29, 0.717) is 10.8 Å². The van der Waals surface area contributed by atoms with E-state index in [0.717, 1.165) is 12.3 Å². The van der Waals surface area contributed by atoms with Crippen LogP contribution in [0.2, 0.25) is 5.02 Å². The van der Waals surface area contributed by atoms with Crippen LogP contribution in [0.4, 0.5) is 10.2 Å². The molecular formula is C11H14ClFN2. The molecular weight excluding hydrogens is 215 g/mol. The summed E-state index contributed by atoms with van der Waals surface area (Å²) in [7, 11) is 0. The first-order valence-corrected chi connectivity index (χ1v) is 5.60. The zero-order valence-electron chi connectivity index (χ0n) is 8.63. The number of pyridine rings is 1. The summed E-state index contributed by atoms with van der Waals surface area (Å²) in [5.74, 6) is 0.737. The molecule has 0 aliphatic heterocycles. The highest BCUT2D eigenvalue weighted by Crippen LogP contribution is 2.34. The second-order valence-electron chi connectivity index (χ2n) is 4.21. The highest BCUT2D eigenvalue weighted by Gasteiger charge is 2.23. The summed E-state index contributed by atoms with van der Waals surface area (Å²) in [5.41, 5.74) is 0. The van der Waals surface area contributed by atoms with Gasteiger partial charge < -0.3 is 5.32 Å². The van der Waals surface area contributed by atoms with Crippen LogP contribution in [0.5, 0.6) is 0 Å². The van der Waals surface area contributed by atoms with E-state index >= 15 is 0 Å². The molecule has 4 heteroatoms. The molecule has 0 saturated heterocycles. The third-order valence-corrected chi connectivity index (χ3v) is 2.78. The van der Waals surface area contributed by atoms with Crippen molar-refractivity contribution in [2.24, 2.45) is 5.92 Å². The van der Waals surface area contributed by atoms with E-state index in [9.17, 15) is 4.39 Å². The smallest absolute Gasteiger partial charge is 0.166 e. The van der Waals surface area contributed by atoms with E-state index in [2.05, 4.69) is 10.3 Å². The van der Waals surface area contributed by atoms with Crippen molar-refractivity contribution in [1.29, 1.82) is 0 Å². The molecule has 1 unspecified atom stereocenters. The third kappa shape index (κ3) is 3.06. The quantitative estimate of drug-likeness (QED) is 0.854. The Hall–Kier alpha value is -0.830. The van der Waals surface area contributed by atoms with Crippen molar-refractivity contribution in [2.75, 3.05) is 5.32 Å². The second kappa shape index (κ2) is 4.35. The Kier molecular flexibility index (Phi) is 3.10. The monoisotopic (exact) mass is 228 g/mol. The first kappa shape index (κ1) is 10.7. The summed E-state index contributed by atoms with van der Waals surface area (Å²) < 4.78 is 13.4. The topological polar surface area (TPSA) is 24.9 Å². The normalized spacial score (nSPS) is 17.5. The molecule has 1 atom stereocenters. The Morgan fingerprint density at radius 3 is 3.00 bits per heavy atom. The Balaban J connectivity index is 1.96. The molecule has 0 aromatic carbocycles. The SMILES string of the molecule is CC(CC1CC1)Nc1ncc(Cl)cc1F. The highest BCUT2D eigenvalue weighted by atomic mass is 35.5. The number of aromatic nitrogens is 1. The van der Waals surface area contributed by atoms with Crippen molar-refractivity contribution in [2.45, 2.75) is 32.2 Å². The van der Waals surface area contributed by atoms with Crippen LogP contribution in [0.15, 0.2) is 12.3 Å². The minimum atomic E-state index is -0.384. The lowest BCUT2D eigenvalue weighted by Gasteiger charge is -2.14. The molecule has 0 spiro atoms. The van der Waals surface area contributed by atoms with E-state index in [-0.39, 0.29) is 11.9 Å². The van der Waals surface area contributed by atoms with E-state index in [1.807, 2.05) is 6.92 Å². The molecule has 1 aliphatic carbocycles. The lowest BCUT2D eigenvalue weighted by molar-refractivity contribution is 0.603. The fourth-order valence-corrected chi connectivity index (χ4v) is 1.81. The maximum atomic E-state index is 13.4. The zero-order valence-corrected chi connectivity index (χ0v) is 9.39. The molecule has 15 heavy (non-hydrogen) atoms. The minimum Gasteiger partial charge on any atom is -0.365 e. The van der Waals surface area contributed by atoms with Crippen LogP contribution in [-0.4, -0.2) is 11.0 Å². The number of hydrogen-bond acceptors (Lipinski definition) is 2. The maximum absolute atomic E-state index is 13.4. The molecule has 2 nitrogen and oxygen atoms in total. The molecule has 1 aromatic rings. The van der Waals surface area contributed by atoms with Crippen molar-refractivity contribution < 1.29 is 4.39 Å². The number of nitrogens with one attached hydrogen (secondary N) is 1. The fourth-order valence-electron chi connectivity index (χ4n) is 1.67. The largest absolute Gasteiger partial charge is 0.365 e. The molecule has 1 aliphatic rings. The van der Waals surface area contributed by atoms with Crippen LogP contribution in [0.1, 0.15) is 26.2 Å². The Labute approximate surface area is 93.9 Å². The van der Waals surface area contributed by atoms with Gasteiger partial charge in [-0.15, -0.1) is 0 Å². The van der Waals surface area contributed by atoms with Crippen molar-refractivity contribution in [3.05, 3.63) is 23.1 Å². The molecule has 1 N–H and O–H groups in total. The molecule has 0 radical (unpaired) electrons. The van der Waals surface area contributed by atoms with Gasteiger partial charge in [0, 0.05) is 12.2 Å². The van der Waals surface area contributed by atoms with Gasteiger partial charge in [-0.1, -0.05) is 24.4 Å². The summed E-state index contributed by atoms with van der Waals surface area (Å²) in [6, 6.07) is 1.54. The van der Waals surface area contributed by atoms with Gasteiger partial charge in [-0.2, -0.15) is 0 Å². The van der Waals surface area contributed by atoms with E-state index in [1.54, 1.807) is 0 Å². The lowest BCUT2D eigenvalue weighted by Crippen LogP contribution is -2.17. The number of hydrogen-bond donors (Lipinski definition) is 1. The van der Waals surface area contributed by atoms with E-state index in [4.69, 9.17) is 11.6 Å². The molecule has 82 valence electrons. The summed E-state index contributed by atoms with van der Waals surface area (Å²) in [6.07, 6.45) is 5.16. The zero-order chi connectivity index (χ0) is 10.8. The minimum absolute atomic E-state index is 0.265. The molecule has 0 amide bonds. The summed E-state index contributed by atoms with van der Waals surface area (Å²) in [5, 5.41) is 3.39. The van der Waals surface area contributed by atoms with Gasteiger partial charge in [0.1, 0.15) is 0 Å². The molecule has 2 rings (SSSR count). The van der Waals surface area contributed by atoms with Crippen molar-refractivity contribution in [3.8, 4) is 0 Å². The summed E-state index contributed by atoms with van der Waals surface area (Å²) in [4.78, 5) is 3.93. The molecule has 1 heterocycles. The number of anilines is 1. The Bertz CT molecular complexity index is 352. The van der Waals surface area contributed by atoms with Gasteiger partial charge in [0.15, 0.2) is 11.6 Å². The second-order valence-corrected chi connectivity index (χ2v) is 4.64. The van der Waals surface area contributed by atoms with Crippen LogP contribution in [-0.2, 0) is 0 Å². The Morgan fingerprint density at radius 2 is 2.40 bits per heavy atom. The lowest BCUT2D eigenvalue weighted by atomic mass is 10.1. The predicted molar refractivity (Wildman–Crippen MR) is 59.6 cm³/mol. The van der Waals surface area contributed by atoms with Crippen LogP contribution < -0.4 is 5.32 Å². The van der Waals surface area contributed by atoms with Gasteiger partial charge in [0.2, 0.25) is 0 Å². The van der Waals surface area contributed by atoms with Crippen LogP contribution in [0, 0.1) is 11.7 Å². The maximum Gasteiger partial charge on any atom is 0.166 e. The summed E-state index contributed by atoms with van der Waals surface area (Å²) >= 11 is 5.62. The predicted octanol–water partition coefficient (Wildman–Crippen LogP) is 3.47. The van der Waals surface area contributed by atoms with E-state index in [1.165, 1.54) is 25.1 Å². The van der Waals surface area contributed by atoms with Gasteiger partial charge in [0.25, 0.3) is 0 Å². The van der Waals surface area contributed by atoms with E-state index < -0.39 is 0 Å². The van der Waals surface area contributed by atoms with Crippen molar-refractivity contribution >= 4 is 17.4 Å². The number of halogens is 2. The first-order chi connectivity index (χ1) is 7.15. The van der Waals surface area contributed by atoms with Crippen LogP contribution >= 0.6 is 11.6 Å². The van der Waals surface area contributed by atoms with Crippen molar-refractivity contribution in [1.82, 2.24) is 4.98 Å². The average molecular weight is 229 g/mol. The van der Waals surface area contributed by atoms with Gasteiger partial charge in [-0.25, -0.2) is 9.37 Å². The molecule has 0 bridgehead atoms. The van der Waals surface area contributed by atoms with Gasteiger partial charge in [-0.05, 0) is 25.3 Å². The molecule has 1 fully saturated rings. The first-order valence-electron chi connectivity index (χ1n) is 5.22. The average Bonchev–Trinajstić information content (AvgIpc) is 2.94. The molecule has 1 saturated carbocycles. The number of rotatable bonds is 4. The van der Waals surface area contributed by atoms with Gasteiger partial charge in [-0.3, -0.25) is 0 Å². The fraction of sp³-hybridized carbons (Fsp3) is 0.545. The Morgan fingerprint density at radius 1 is 1.67 bits per heavy atom. The number of nitrogens with zero attached hydrogens (tertiary/aromatic N) is 1. The standard InChI is InChI=1S/C11H14ClFN2/c1-7(4-8-2-3-8)15-11-10(13)5-9(12)6-14-11/h5-8H,2-4H2,1H3,(H,14,15). The van der Waals surface area contributed by atoms with Gasteiger partial charge in [0.05, 0.1) is 5.02 Å². The third-order valence-electron chi connectivity index (χ3n) is 2.57. The van der Waals surface area contributed by atoms with Crippen molar-refractivity contribution in [3.63, 3.8) is 0 Å². The summed E-state index contributed by atoms with van der Waals surface area (Å²) in [6.45, 7) is 2.05. The van der Waals surface area contributed by atoms with Crippen LogP contribution in [0.3, 0.4) is 0 Å². The van der Waals surface area contributed by atoms with Gasteiger partial charge >= 0.3 is 0 Å².